The number of aromatic nitrogens is 10. The molecule has 9 heterocycles. The van der Waals surface area contributed by atoms with Crippen LogP contribution in [0.15, 0.2) is 187 Å². The molecule has 1 saturated carbocycles. The molecule has 0 radical (unpaired) electrons. The fraction of sp³-hybridized carbons (Fsp3) is 0.481. The largest absolute Gasteiger partial charge is 0.494 e. The van der Waals surface area contributed by atoms with E-state index in [1.54, 1.807) is 42.5 Å². The number of aryl methyl sites for hydroxylation is 6. The van der Waals surface area contributed by atoms with Crippen LogP contribution in [0.3, 0.4) is 0 Å². The van der Waals surface area contributed by atoms with Crippen LogP contribution in [0.2, 0.25) is 10.2 Å². The van der Waals surface area contributed by atoms with Crippen LogP contribution in [0.25, 0.3) is 0 Å². The van der Waals surface area contributed by atoms with E-state index in [4.69, 9.17) is 32.9 Å². The summed E-state index contributed by atoms with van der Waals surface area (Å²) in [5.74, 6) is 1.56. The topological polar surface area (TPSA) is 138 Å². The normalized spacial score (nSPS) is 11.7. The van der Waals surface area contributed by atoms with Crippen molar-refractivity contribution < 1.29 is 22.3 Å². The molecule has 9 aromatic heterocycles. The molecular weight excluding hydrogens is 1680 g/mol. The van der Waals surface area contributed by atoms with Crippen molar-refractivity contribution in [1.29, 1.82) is 0 Å². The molecule has 1 aliphatic rings. The molecule has 0 spiro atoms. The number of ether oxygens (including phenoxy) is 1. The average molecular weight is 1840 g/mol. The summed E-state index contributed by atoms with van der Waals surface area (Å²) in [5.41, 5.74) is 18.9. The Bertz CT molecular complexity index is 4720. The van der Waals surface area contributed by atoms with Crippen molar-refractivity contribution in [2.24, 2.45) is 0 Å². The van der Waals surface area contributed by atoms with Crippen LogP contribution < -0.4 is 4.74 Å². The molecule has 0 amide bonds. The minimum absolute atomic E-state index is 0. The van der Waals surface area contributed by atoms with E-state index in [9.17, 15) is 17.6 Å². The van der Waals surface area contributed by atoms with Crippen LogP contribution in [0.4, 0.5) is 17.6 Å². The lowest BCUT2D eigenvalue weighted by molar-refractivity contribution is 0.383. The van der Waals surface area contributed by atoms with E-state index >= 15 is 0 Å². The molecule has 126 heavy (non-hydrogen) atoms. The average Bonchev–Trinajstić information content (AvgIpc) is 1.07. The lowest BCUT2D eigenvalue weighted by Crippen LogP contribution is -2.15. The van der Waals surface area contributed by atoms with Gasteiger partial charge in [0.25, 0.3) is 0 Å². The van der Waals surface area contributed by atoms with Gasteiger partial charge in [0.15, 0.2) is 11.6 Å². The number of benzene rings is 2. The van der Waals surface area contributed by atoms with Gasteiger partial charge in [0.05, 0.1) is 29.2 Å². The number of pyridine rings is 8. The molecule has 0 aliphatic heterocycles. The Hall–Kier alpha value is -8.70. The number of nitrogens with zero attached hydrogens (tertiary/aromatic N) is 10. The Morgan fingerprint density at radius 3 is 1.13 bits per heavy atom. The first-order valence-corrected chi connectivity index (χ1v) is 44.5. The monoisotopic (exact) mass is 1830 g/mol. The van der Waals surface area contributed by atoms with Crippen LogP contribution in [0.5, 0.6) is 5.75 Å². The summed E-state index contributed by atoms with van der Waals surface area (Å²) in [6.45, 7) is 72.7. The predicted molar refractivity (Wildman–Crippen MR) is 534 cm³/mol. The first kappa shape index (κ1) is 117. The summed E-state index contributed by atoms with van der Waals surface area (Å²) in [4.78, 5) is 42.7. The van der Waals surface area contributed by atoms with E-state index < -0.39 is 5.95 Å². The summed E-state index contributed by atoms with van der Waals surface area (Å²) in [7, 11) is 1.47. The molecule has 12 rings (SSSR count). The summed E-state index contributed by atoms with van der Waals surface area (Å²) >= 11 is 14.6. The minimum Gasteiger partial charge on any atom is -0.494 e. The van der Waals surface area contributed by atoms with E-state index in [-0.39, 0.29) is 81.2 Å². The molecule has 11 nitrogen and oxygen atoms in total. The molecule has 0 N–H and O–H groups in total. The van der Waals surface area contributed by atoms with Gasteiger partial charge in [-0.1, -0.05) is 306 Å². The maximum Gasteiger partial charge on any atom is 0.213 e. The first-order valence-electron chi connectivity index (χ1n) is 42.9. The van der Waals surface area contributed by atoms with Gasteiger partial charge in [-0.2, -0.15) is 4.39 Å². The van der Waals surface area contributed by atoms with Crippen LogP contribution in [0.1, 0.15) is 360 Å². The van der Waals surface area contributed by atoms with Gasteiger partial charge in [-0.25, -0.2) is 28.1 Å². The lowest BCUT2D eigenvalue weighted by Gasteiger charge is -2.19. The van der Waals surface area contributed by atoms with Crippen molar-refractivity contribution in [3.05, 3.63) is 323 Å². The van der Waals surface area contributed by atoms with Gasteiger partial charge in [-0.3, -0.25) is 34.9 Å². The van der Waals surface area contributed by atoms with Gasteiger partial charge in [0.2, 0.25) is 5.95 Å². The van der Waals surface area contributed by atoms with E-state index in [0.717, 1.165) is 61.8 Å². The second-order valence-corrected chi connectivity index (χ2v) is 41.1. The number of halogens is 7. The number of hydrogen-bond acceptors (Lipinski definition) is 11. The van der Waals surface area contributed by atoms with E-state index in [2.05, 4.69) is 265 Å². The number of methoxy groups -OCH3 is 1. The van der Waals surface area contributed by atoms with Crippen LogP contribution in [-0.2, 0) is 37.9 Å². The SMILES string of the molecule is C.C.CC(C)(C)c1cccc(C2CC2)n1.CC(C)(C)c1cccc(Cl)c1F.CC(C)(C)c1cccc(F)n1.CC(C)(C)c1nc(Cl)ccc1F.COc1cccc(C(C)C)c1F.Cc1cccc(C(C)(C)C)n1.Cc1cccc(C(C)(C)C)n1.Cc1cccc(C(C)C)n1.Cc1cccc(C(C)C)n1.Cc1cncc(C(C)(C)C)c1.Cc1ncc(C(C)C)nc1Br. The summed E-state index contributed by atoms with van der Waals surface area (Å²) in [5, 5.41) is 0.531. The minimum atomic E-state index is -0.405. The summed E-state index contributed by atoms with van der Waals surface area (Å²) < 4.78 is 58.2. The summed E-state index contributed by atoms with van der Waals surface area (Å²) in [6.07, 6.45) is 8.31. The maximum absolute atomic E-state index is 13.4. The highest BCUT2D eigenvalue weighted by Gasteiger charge is 2.27. The standard InChI is InChI=1S/C12H17N.C10H12ClF.C10H13FO.3C10H15N.C9H11ClFN.C9H12FN.2C9H13N.C8H11BrN2.2CH4/c1-12(2,3)11-6-4-5-10(13-11)9-7-8-9;1-10(2,3)7-5-4-6-8(11)9(7)12;1-7(2)8-5-4-6-9(12-3)10(8)11;1-8-5-9(7-11-6-8)10(2,3)4;2*1-8-6-5-7-9(11-8)10(2,3)4;1-9(2,3)8-6(11)4-5-7(10)12-8;1-9(2,3)7-5-4-6-8(10)11-7;2*1-7(2)9-6-4-5-8(3)10-9;1-5(2)7-4-10-6(3)8(9)11-7;;/h4-6,9H,7-8H2,1-3H3;4-6H,1-3H3;4-7H,1-3H3;3*5-7H,1-4H3;4-5H,1-3H3;4-6H,1-3H3;2*4-7H,1-3H3;4-5H,1-3H3;2*1H4. The number of rotatable bonds is 6. The predicted octanol–water partition coefficient (Wildman–Crippen LogP) is 32.7. The van der Waals surface area contributed by atoms with Crippen molar-refractivity contribution in [2.45, 2.75) is 338 Å². The molecule has 2 aromatic carbocycles. The molecule has 11 aromatic rings. The van der Waals surface area contributed by atoms with E-state index in [1.807, 2.05) is 160 Å². The molecule has 0 bridgehead atoms. The van der Waals surface area contributed by atoms with Crippen molar-refractivity contribution in [3.8, 4) is 5.75 Å². The van der Waals surface area contributed by atoms with E-state index in [0.29, 0.717) is 45.5 Å². The zero-order chi connectivity index (χ0) is 94.8. The highest BCUT2D eigenvalue weighted by Crippen LogP contribution is 2.40. The fourth-order valence-electron chi connectivity index (χ4n) is 10.8. The van der Waals surface area contributed by atoms with Crippen LogP contribution >= 0.6 is 39.1 Å². The van der Waals surface area contributed by atoms with Crippen molar-refractivity contribution in [3.63, 3.8) is 0 Å². The fourth-order valence-corrected chi connectivity index (χ4v) is 11.5. The molecule has 18 heteroatoms. The first-order chi connectivity index (χ1) is 57.1. The van der Waals surface area contributed by atoms with Gasteiger partial charge >= 0.3 is 0 Å². The van der Waals surface area contributed by atoms with Gasteiger partial charge in [-0.15, -0.1) is 0 Å². The Balaban J connectivity index is 0.00000136. The third-order valence-corrected chi connectivity index (χ3v) is 20.0. The van der Waals surface area contributed by atoms with Gasteiger partial charge in [0, 0.05) is 114 Å². The second kappa shape index (κ2) is 53.9. The Labute approximate surface area is 778 Å². The third-order valence-electron chi connectivity index (χ3n) is 18.7. The summed E-state index contributed by atoms with van der Waals surface area (Å²) in [6, 6.07) is 51.2. The Morgan fingerprint density at radius 1 is 0.389 bits per heavy atom. The molecule has 0 atom stereocenters. The van der Waals surface area contributed by atoms with Crippen molar-refractivity contribution in [2.75, 3.05) is 7.11 Å². The molecule has 1 aliphatic carbocycles. The second-order valence-electron chi connectivity index (χ2n) is 39.5. The quantitative estimate of drug-likeness (QED) is 0.116. The van der Waals surface area contributed by atoms with Gasteiger partial charge in [0.1, 0.15) is 21.4 Å². The molecular formula is C108H155BrCl2F4N10O. The molecule has 0 unspecified atom stereocenters. The molecule has 692 valence electrons. The van der Waals surface area contributed by atoms with Crippen LogP contribution in [-0.4, -0.2) is 56.9 Å². The zero-order valence-corrected chi connectivity index (χ0v) is 84.7. The van der Waals surface area contributed by atoms with Crippen molar-refractivity contribution >= 4 is 39.1 Å². The lowest BCUT2D eigenvalue weighted by atomic mass is 9.87. The van der Waals surface area contributed by atoms with Gasteiger partial charge in [-0.05, 0) is 224 Å². The highest BCUT2D eigenvalue weighted by atomic mass is 79.9. The van der Waals surface area contributed by atoms with E-state index in [1.165, 1.54) is 72.1 Å². The Kier molecular flexibility index (Phi) is 50.2. The third kappa shape index (κ3) is 45.3. The zero-order valence-electron chi connectivity index (χ0n) is 81.6. The van der Waals surface area contributed by atoms with Gasteiger partial charge < -0.3 is 4.74 Å². The Morgan fingerprint density at radius 2 is 0.802 bits per heavy atom. The molecule has 1 fully saturated rings. The smallest absolute Gasteiger partial charge is 0.213 e. The highest BCUT2D eigenvalue weighted by molar-refractivity contribution is 9.10. The molecule has 0 saturated heterocycles. The van der Waals surface area contributed by atoms with Crippen molar-refractivity contribution in [1.82, 2.24) is 49.8 Å². The van der Waals surface area contributed by atoms with Crippen LogP contribution in [0, 0.1) is 64.9 Å². The number of hydrogen-bond donors (Lipinski definition) is 0. The maximum atomic E-state index is 13.4.